The monoisotopic (exact) mass is 363 g/mol. The number of hydrogen-bond donors (Lipinski definition) is 0. The lowest BCUT2D eigenvalue weighted by Crippen LogP contribution is -2.07. The molecular weight excluding hydrogens is 350 g/mol. The predicted octanol–water partition coefficient (Wildman–Crippen LogP) is 5.52. The fourth-order valence-corrected chi connectivity index (χ4v) is 4.04. The van der Waals surface area contributed by atoms with Gasteiger partial charge in [-0.05, 0) is 37.4 Å². The van der Waals surface area contributed by atoms with E-state index < -0.39 is 5.97 Å². The number of aromatic nitrogens is 1. The maximum atomic E-state index is 12.1. The summed E-state index contributed by atoms with van der Waals surface area (Å²) in [6.07, 6.45) is 2.03. The lowest BCUT2D eigenvalue weighted by molar-refractivity contribution is 0.0520. The smallest absolute Gasteiger partial charge is 0.356 e. The zero-order valence-corrected chi connectivity index (χ0v) is 15.0. The average Bonchev–Trinajstić information content (AvgIpc) is 2.98. The maximum absolute atomic E-state index is 12.1. The van der Waals surface area contributed by atoms with E-state index in [0.717, 1.165) is 21.3 Å². The maximum Gasteiger partial charge on any atom is 0.356 e. The Morgan fingerprint density at radius 1 is 1.30 bits per heavy atom. The van der Waals surface area contributed by atoms with Crippen LogP contribution in [0.3, 0.4) is 0 Å². The number of rotatable bonds is 4. The number of carbonyl (C=O) groups is 1. The van der Waals surface area contributed by atoms with Crippen LogP contribution in [0, 0.1) is 0 Å². The van der Waals surface area contributed by atoms with Crippen molar-refractivity contribution in [1.82, 2.24) is 4.98 Å². The lowest BCUT2D eigenvalue weighted by atomic mass is 10.1. The number of carbonyl (C=O) groups excluding carboxylic acids is 1. The molecule has 3 rings (SSSR count). The van der Waals surface area contributed by atoms with Gasteiger partial charge >= 0.3 is 5.97 Å². The summed E-state index contributed by atoms with van der Waals surface area (Å²) < 4.78 is 7.30. The summed E-state index contributed by atoms with van der Waals surface area (Å²) >= 11 is 9.30. The number of thiophene rings is 1. The molecule has 3 aromatic rings. The van der Waals surface area contributed by atoms with Crippen LogP contribution >= 0.6 is 34.7 Å². The average molecular weight is 364 g/mol. The Kier molecular flexibility index (Phi) is 4.90. The number of hydrogen-bond acceptors (Lipinski definition) is 5. The molecule has 1 aromatic carbocycles. The van der Waals surface area contributed by atoms with Crippen molar-refractivity contribution in [3.05, 3.63) is 47.1 Å². The van der Waals surface area contributed by atoms with Crippen LogP contribution in [0.4, 0.5) is 0 Å². The van der Waals surface area contributed by atoms with Crippen molar-refractivity contribution >= 4 is 50.8 Å². The van der Waals surface area contributed by atoms with Gasteiger partial charge in [-0.3, -0.25) is 0 Å². The topological polar surface area (TPSA) is 39.2 Å². The van der Waals surface area contributed by atoms with Crippen LogP contribution in [0.1, 0.15) is 17.4 Å². The molecule has 0 bridgehead atoms. The summed E-state index contributed by atoms with van der Waals surface area (Å²) in [4.78, 5) is 16.6. The minimum Gasteiger partial charge on any atom is -0.461 e. The van der Waals surface area contributed by atoms with E-state index in [4.69, 9.17) is 16.3 Å². The molecule has 0 aliphatic heterocycles. The van der Waals surface area contributed by atoms with E-state index in [0.29, 0.717) is 17.3 Å². The summed E-state index contributed by atoms with van der Waals surface area (Å²) in [5.74, 6) is -0.399. The van der Waals surface area contributed by atoms with Crippen molar-refractivity contribution in [2.75, 3.05) is 12.9 Å². The Morgan fingerprint density at radius 3 is 2.70 bits per heavy atom. The molecule has 118 valence electrons. The number of esters is 1. The van der Waals surface area contributed by atoms with Crippen LogP contribution in [0.2, 0.25) is 5.02 Å². The number of nitrogens with zero attached hydrogens (tertiary/aromatic N) is 1. The van der Waals surface area contributed by atoms with Crippen LogP contribution in [-0.2, 0) is 4.74 Å². The Labute approximate surface area is 147 Å². The second-order valence-electron chi connectivity index (χ2n) is 4.76. The first-order valence-electron chi connectivity index (χ1n) is 7.04. The summed E-state index contributed by atoms with van der Waals surface area (Å²) in [5, 5.41) is 1.70. The Bertz CT molecular complexity index is 859. The van der Waals surface area contributed by atoms with Gasteiger partial charge in [0.1, 0.15) is 0 Å². The van der Waals surface area contributed by atoms with E-state index in [-0.39, 0.29) is 0 Å². The number of benzene rings is 1. The zero-order chi connectivity index (χ0) is 16.4. The van der Waals surface area contributed by atoms with Gasteiger partial charge < -0.3 is 4.74 Å². The molecule has 0 aliphatic rings. The molecule has 0 saturated heterocycles. The number of ether oxygens (including phenoxy) is 1. The van der Waals surface area contributed by atoms with E-state index in [9.17, 15) is 4.79 Å². The summed E-state index contributed by atoms with van der Waals surface area (Å²) in [6, 6.07) is 11.4. The molecule has 0 N–H and O–H groups in total. The summed E-state index contributed by atoms with van der Waals surface area (Å²) in [6.45, 7) is 2.11. The molecule has 0 aliphatic carbocycles. The third-order valence-electron chi connectivity index (χ3n) is 3.30. The SMILES string of the molecule is CCOC(=O)c1cc2sc(SC)cc2c(-c2ccc(Cl)cc2)n1. The minimum atomic E-state index is -0.399. The van der Waals surface area contributed by atoms with E-state index in [1.54, 1.807) is 36.1 Å². The Hall–Kier alpha value is -1.56. The van der Waals surface area contributed by atoms with Crippen LogP contribution in [0.5, 0.6) is 0 Å². The highest BCUT2D eigenvalue weighted by Crippen LogP contribution is 2.37. The van der Waals surface area contributed by atoms with E-state index >= 15 is 0 Å². The molecular formula is C17H14ClNO2S2. The van der Waals surface area contributed by atoms with E-state index in [1.807, 2.05) is 30.5 Å². The fraction of sp³-hybridized carbons (Fsp3) is 0.176. The van der Waals surface area contributed by atoms with Crippen LogP contribution in [-0.4, -0.2) is 23.8 Å². The van der Waals surface area contributed by atoms with Gasteiger partial charge in [-0.15, -0.1) is 23.1 Å². The zero-order valence-electron chi connectivity index (χ0n) is 12.6. The summed E-state index contributed by atoms with van der Waals surface area (Å²) in [5.41, 5.74) is 2.04. The van der Waals surface area contributed by atoms with Crippen molar-refractivity contribution < 1.29 is 9.53 Å². The van der Waals surface area contributed by atoms with Gasteiger partial charge in [0.05, 0.1) is 16.5 Å². The van der Waals surface area contributed by atoms with E-state index in [2.05, 4.69) is 11.1 Å². The molecule has 0 fully saturated rings. The van der Waals surface area contributed by atoms with Gasteiger partial charge in [-0.25, -0.2) is 9.78 Å². The molecule has 3 nitrogen and oxygen atoms in total. The van der Waals surface area contributed by atoms with Crippen LogP contribution < -0.4 is 0 Å². The first-order chi connectivity index (χ1) is 11.1. The second kappa shape index (κ2) is 6.91. The molecule has 6 heteroatoms. The lowest BCUT2D eigenvalue weighted by Gasteiger charge is -2.07. The number of fused-ring (bicyclic) bond motifs is 1. The van der Waals surface area contributed by atoms with Crippen molar-refractivity contribution in [2.45, 2.75) is 11.1 Å². The highest BCUT2D eigenvalue weighted by Gasteiger charge is 2.16. The van der Waals surface area contributed by atoms with Gasteiger partial charge in [0.15, 0.2) is 5.69 Å². The number of halogens is 1. The fourth-order valence-electron chi connectivity index (χ4n) is 2.25. The molecule has 2 aromatic heterocycles. The normalized spacial score (nSPS) is 10.9. The number of thioether (sulfide) groups is 1. The van der Waals surface area contributed by atoms with Crippen molar-refractivity contribution in [1.29, 1.82) is 0 Å². The quantitative estimate of drug-likeness (QED) is 0.452. The molecule has 0 spiro atoms. The van der Waals surface area contributed by atoms with Gasteiger partial charge in [0, 0.05) is 20.7 Å². The largest absolute Gasteiger partial charge is 0.461 e. The molecule has 0 radical (unpaired) electrons. The highest BCUT2D eigenvalue weighted by molar-refractivity contribution is 8.00. The van der Waals surface area contributed by atoms with Crippen molar-refractivity contribution in [2.24, 2.45) is 0 Å². The third kappa shape index (κ3) is 3.37. The first kappa shape index (κ1) is 16.3. The van der Waals surface area contributed by atoms with Crippen molar-refractivity contribution in [3.8, 4) is 11.3 Å². The molecule has 0 saturated carbocycles. The van der Waals surface area contributed by atoms with Crippen LogP contribution in [0.25, 0.3) is 21.3 Å². The Morgan fingerprint density at radius 2 is 2.04 bits per heavy atom. The molecule has 0 atom stereocenters. The highest BCUT2D eigenvalue weighted by atomic mass is 35.5. The van der Waals surface area contributed by atoms with Gasteiger partial charge in [0.2, 0.25) is 0 Å². The predicted molar refractivity (Wildman–Crippen MR) is 97.8 cm³/mol. The van der Waals surface area contributed by atoms with Gasteiger partial charge in [0.25, 0.3) is 0 Å². The minimum absolute atomic E-state index is 0.329. The molecule has 23 heavy (non-hydrogen) atoms. The van der Waals surface area contributed by atoms with Gasteiger partial charge in [-0.1, -0.05) is 23.7 Å². The molecule has 0 amide bonds. The Balaban J connectivity index is 2.21. The first-order valence-corrected chi connectivity index (χ1v) is 9.46. The van der Waals surface area contributed by atoms with Gasteiger partial charge in [-0.2, -0.15) is 0 Å². The standard InChI is InChI=1S/C17H14ClNO2S2/c1-3-21-17(20)13-9-14-12(8-15(22-2)23-14)16(19-13)10-4-6-11(18)7-5-10/h4-9H,3H2,1-2H3. The molecule has 0 unspecified atom stereocenters. The third-order valence-corrected chi connectivity index (χ3v) is 5.70. The van der Waals surface area contributed by atoms with Crippen LogP contribution in [0.15, 0.2) is 40.6 Å². The second-order valence-corrected chi connectivity index (χ2v) is 7.39. The summed E-state index contributed by atoms with van der Waals surface area (Å²) in [7, 11) is 0. The number of pyridine rings is 1. The van der Waals surface area contributed by atoms with E-state index in [1.165, 1.54) is 4.21 Å². The molecule has 2 heterocycles. The van der Waals surface area contributed by atoms with Crippen molar-refractivity contribution in [3.63, 3.8) is 0 Å².